The van der Waals surface area contributed by atoms with E-state index in [2.05, 4.69) is 15.3 Å². The number of imidazole rings is 1. The molecule has 1 aromatic carbocycles. The maximum Gasteiger partial charge on any atom is 0.123 e. The summed E-state index contributed by atoms with van der Waals surface area (Å²) in [4.78, 5) is 7.79. The van der Waals surface area contributed by atoms with Crippen LogP contribution in [0.5, 0.6) is 0 Å². The molecule has 17 heavy (non-hydrogen) atoms. The summed E-state index contributed by atoms with van der Waals surface area (Å²) in [6, 6.07) is 8.18. The number of benzene rings is 1. The Morgan fingerprint density at radius 1 is 1.29 bits per heavy atom. The first-order valence-electron chi connectivity index (χ1n) is 5.88. The van der Waals surface area contributed by atoms with E-state index in [0.717, 1.165) is 35.1 Å². The molecule has 4 heteroatoms. The molecule has 0 aliphatic carbocycles. The highest BCUT2D eigenvalue weighted by molar-refractivity contribution is 6.33. The van der Waals surface area contributed by atoms with Crippen LogP contribution in [0.4, 0.5) is 0 Å². The van der Waals surface area contributed by atoms with Crippen LogP contribution in [-0.2, 0) is 0 Å². The quantitative estimate of drug-likeness (QED) is 0.856. The Morgan fingerprint density at radius 2 is 2.18 bits per heavy atom. The fraction of sp³-hybridized carbons (Fsp3) is 0.308. The minimum Gasteiger partial charge on any atom is -0.341 e. The average molecular weight is 248 g/mol. The van der Waals surface area contributed by atoms with Crippen molar-refractivity contribution in [2.75, 3.05) is 6.54 Å². The van der Waals surface area contributed by atoms with Crippen molar-refractivity contribution in [3.63, 3.8) is 0 Å². The highest BCUT2D eigenvalue weighted by Gasteiger charge is 2.19. The smallest absolute Gasteiger partial charge is 0.123 e. The Bertz CT molecular complexity index is 515. The topological polar surface area (TPSA) is 40.7 Å². The van der Waals surface area contributed by atoms with E-state index in [-0.39, 0.29) is 0 Å². The summed E-state index contributed by atoms with van der Waals surface area (Å²) in [6.45, 7) is 1.08. The Labute approximate surface area is 105 Å². The average Bonchev–Trinajstić information content (AvgIpc) is 3.00. The number of nitrogens with zero attached hydrogens (tertiary/aromatic N) is 1. The largest absolute Gasteiger partial charge is 0.341 e. The van der Waals surface area contributed by atoms with Crippen molar-refractivity contribution in [2.24, 2.45) is 0 Å². The van der Waals surface area contributed by atoms with Crippen LogP contribution in [0.1, 0.15) is 24.7 Å². The van der Waals surface area contributed by atoms with E-state index in [1.807, 2.05) is 30.5 Å². The lowest BCUT2D eigenvalue weighted by atomic mass is 10.2. The summed E-state index contributed by atoms with van der Waals surface area (Å²) in [5.41, 5.74) is 1.99. The molecule has 0 radical (unpaired) electrons. The molecule has 1 fully saturated rings. The Morgan fingerprint density at radius 3 is 2.94 bits per heavy atom. The van der Waals surface area contributed by atoms with Crippen molar-refractivity contribution >= 4 is 11.6 Å². The van der Waals surface area contributed by atoms with Gasteiger partial charge in [0.05, 0.1) is 17.9 Å². The van der Waals surface area contributed by atoms with Crippen molar-refractivity contribution in [1.29, 1.82) is 0 Å². The predicted molar refractivity (Wildman–Crippen MR) is 69.0 cm³/mol. The molecule has 2 N–H and O–H groups in total. The van der Waals surface area contributed by atoms with Gasteiger partial charge in [-0.05, 0) is 25.5 Å². The number of hydrogen-bond acceptors (Lipinski definition) is 2. The van der Waals surface area contributed by atoms with Crippen LogP contribution < -0.4 is 5.32 Å². The van der Waals surface area contributed by atoms with Gasteiger partial charge in [-0.1, -0.05) is 29.8 Å². The van der Waals surface area contributed by atoms with Gasteiger partial charge in [-0.3, -0.25) is 0 Å². The van der Waals surface area contributed by atoms with Gasteiger partial charge in [0.25, 0.3) is 0 Å². The van der Waals surface area contributed by atoms with Gasteiger partial charge in [0.15, 0.2) is 0 Å². The number of hydrogen-bond donors (Lipinski definition) is 2. The Kier molecular flexibility index (Phi) is 2.87. The number of halogens is 1. The predicted octanol–water partition coefficient (Wildman–Crippen LogP) is 3.15. The molecule has 88 valence electrons. The molecule has 0 amide bonds. The number of rotatable bonds is 2. The van der Waals surface area contributed by atoms with E-state index in [9.17, 15) is 0 Å². The standard InChI is InChI=1S/C13H14ClN3/c14-10-5-2-1-4-9(10)12-8-16-13(17-12)11-6-3-7-15-11/h1-2,4-5,8,11,15H,3,6-7H2,(H,16,17)/t11-/m0/s1. The number of aromatic amines is 1. The number of aromatic nitrogens is 2. The third-order valence-electron chi connectivity index (χ3n) is 3.15. The van der Waals surface area contributed by atoms with E-state index < -0.39 is 0 Å². The van der Waals surface area contributed by atoms with Crippen molar-refractivity contribution < 1.29 is 0 Å². The maximum absolute atomic E-state index is 6.16. The van der Waals surface area contributed by atoms with Gasteiger partial charge in [-0.2, -0.15) is 0 Å². The maximum atomic E-state index is 6.16. The zero-order chi connectivity index (χ0) is 11.7. The molecule has 1 aliphatic heterocycles. The van der Waals surface area contributed by atoms with Crippen LogP contribution >= 0.6 is 11.6 Å². The van der Waals surface area contributed by atoms with Crippen LogP contribution in [0.2, 0.25) is 5.02 Å². The molecule has 2 aromatic rings. The van der Waals surface area contributed by atoms with Crippen LogP contribution in [0, 0.1) is 0 Å². The van der Waals surface area contributed by atoms with E-state index in [1.165, 1.54) is 6.42 Å². The van der Waals surface area contributed by atoms with E-state index in [0.29, 0.717) is 6.04 Å². The first-order valence-corrected chi connectivity index (χ1v) is 6.25. The summed E-state index contributed by atoms with van der Waals surface area (Å²) >= 11 is 6.16. The second-order valence-corrected chi connectivity index (χ2v) is 4.72. The summed E-state index contributed by atoms with van der Waals surface area (Å²) in [6.07, 6.45) is 4.22. The van der Waals surface area contributed by atoms with Gasteiger partial charge in [0.1, 0.15) is 5.82 Å². The number of H-pyrrole nitrogens is 1. The third-order valence-corrected chi connectivity index (χ3v) is 3.48. The van der Waals surface area contributed by atoms with Gasteiger partial charge in [-0.25, -0.2) is 4.98 Å². The minimum atomic E-state index is 0.367. The Balaban J connectivity index is 1.92. The van der Waals surface area contributed by atoms with E-state index in [4.69, 9.17) is 11.6 Å². The zero-order valence-corrected chi connectivity index (χ0v) is 10.2. The summed E-state index contributed by atoms with van der Waals surface area (Å²) in [7, 11) is 0. The molecule has 0 unspecified atom stereocenters. The van der Waals surface area contributed by atoms with Crippen molar-refractivity contribution in [2.45, 2.75) is 18.9 Å². The molecule has 0 bridgehead atoms. The van der Waals surface area contributed by atoms with Crippen LogP contribution in [0.15, 0.2) is 30.5 Å². The molecule has 0 saturated carbocycles. The normalized spacial score (nSPS) is 19.7. The molecule has 1 aliphatic rings. The van der Waals surface area contributed by atoms with E-state index >= 15 is 0 Å². The van der Waals surface area contributed by atoms with Gasteiger partial charge in [-0.15, -0.1) is 0 Å². The molecule has 1 atom stereocenters. The first kappa shape index (κ1) is 10.8. The second-order valence-electron chi connectivity index (χ2n) is 4.31. The summed E-state index contributed by atoms with van der Waals surface area (Å²) in [5, 5.41) is 4.18. The lowest BCUT2D eigenvalue weighted by Gasteiger charge is -2.05. The molecule has 1 aromatic heterocycles. The van der Waals surface area contributed by atoms with Crippen molar-refractivity contribution in [1.82, 2.24) is 15.3 Å². The highest BCUT2D eigenvalue weighted by atomic mass is 35.5. The SMILES string of the molecule is Clc1ccccc1-c1cnc([C@@H]2CCCN2)[nH]1. The summed E-state index contributed by atoms with van der Waals surface area (Å²) < 4.78 is 0. The first-order chi connectivity index (χ1) is 8.34. The molecule has 2 heterocycles. The van der Waals surface area contributed by atoms with Gasteiger partial charge < -0.3 is 10.3 Å². The van der Waals surface area contributed by atoms with E-state index in [1.54, 1.807) is 0 Å². The minimum absolute atomic E-state index is 0.367. The lowest BCUT2D eigenvalue weighted by molar-refractivity contribution is 0.613. The molecule has 3 nitrogen and oxygen atoms in total. The molecule has 0 spiro atoms. The summed E-state index contributed by atoms with van der Waals surface area (Å²) in [5.74, 6) is 1.01. The highest BCUT2D eigenvalue weighted by Crippen LogP contribution is 2.28. The molecule has 3 rings (SSSR count). The van der Waals surface area contributed by atoms with Crippen LogP contribution in [0.3, 0.4) is 0 Å². The number of nitrogens with one attached hydrogen (secondary N) is 2. The fourth-order valence-electron chi connectivity index (χ4n) is 2.25. The zero-order valence-electron chi connectivity index (χ0n) is 9.41. The van der Waals surface area contributed by atoms with Crippen LogP contribution in [0.25, 0.3) is 11.3 Å². The van der Waals surface area contributed by atoms with Gasteiger partial charge in [0.2, 0.25) is 0 Å². The van der Waals surface area contributed by atoms with Gasteiger partial charge >= 0.3 is 0 Å². The fourth-order valence-corrected chi connectivity index (χ4v) is 2.49. The van der Waals surface area contributed by atoms with Gasteiger partial charge in [0, 0.05) is 10.6 Å². The molecular weight excluding hydrogens is 234 g/mol. The lowest BCUT2D eigenvalue weighted by Crippen LogP contribution is -2.14. The van der Waals surface area contributed by atoms with Crippen molar-refractivity contribution in [3.05, 3.63) is 41.3 Å². The molecular formula is C13H14ClN3. The van der Waals surface area contributed by atoms with Crippen molar-refractivity contribution in [3.8, 4) is 11.3 Å². The third kappa shape index (κ3) is 2.08. The second kappa shape index (κ2) is 4.51. The molecule has 1 saturated heterocycles. The van der Waals surface area contributed by atoms with Crippen LogP contribution in [-0.4, -0.2) is 16.5 Å². The monoisotopic (exact) mass is 247 g/mol. The Hall–Kier alpha value is -1.32.